The third-order valence-electron chi connectivity index (χ3n) is 9.23. The SMILES string of the molecule is C[C@H]1[C@H](OCCOc2ccccc2-c2ccccc2)O[C@@H]2C[C@]3(C)CC[C@H]4[C@H](C)CC[C@@H]1[C@@]24OO3. The van der Waals surface area contributed by atoms with E-state index in [0.717, 1.165) is 42.6 Å². The van der Waals surface area contributed by atoms with Crippen LogP contribution < -0.4 is 4.74 Å². The van der Waals surface area contributed by atoms with Crippen LogP contribution in [-0.4, -0.2) is 36.8 Å². The number of hydrogen-bond acceptors (Lipinski definition) is 5. The van der Waals surface area contributed by atoms with E-state index < -0.39 is 0 Å². The van der Waals surface area contributed by atoms with Crippen molar-refractivity contribution in [1.29, 1.82) is 0 Å². The summed E-state index contributed by atoms with van der Waals surface area (Å²) in [5.41, 5.74) is 1.64. The van der Waals surface area contributed by atoms with E-state index in [2.05, 4.69) is 51.1 Å². The fraction of sp³-hybridized carbons (Fsp3) is 0.600. The van der Waals surface area contributed by atoms with Crippen LogP contribution in [0, 0.1) is 23.7 Å². The maximum Gasteiger partial charge on any atom is 0.161 e. The van der Waals surface area contributed by atoms with E-state index in [1.165, 1.54) is 6.42 Å². The van der Waals surface area contributed by atoms with Crippen molar-refractivity contribution in [3.8, 4) is 16.9 Å². The average molecular weight is 479 g/mol. The van der Waals surface area contributed by atoms with Crippen LogP contribution in [0.5, 0.6) is 5.75 Å². The molecule has 5 fully saturated rings. The molecule has 0 unspecified atom stereocenters. The maximum absolute atomic E-state index is 6.72. The Balaban J connectivity index is 1.13. The molecule has 2 aliphatic carbocycles. The van der Waals surface area contributed by atoms with Crippen LogP contribution in [-0.2, 0) is 19.2 Å². The predicted molar refractivity (Wildman–Crippen MR) is 134 cm³/mol. The van der Waals surface area contributed by atoms with Crippen molar-refractivity contribution in [2.24, 2.45) is 23.7 Å². The third-order valence-corrected chi connectivity index (χ3v) is 9.23. The monoisotopic (exact) mass is 478 g/mol. The molecule has 5 aliphatic rings. The van der Waals surface area contributed by atoms with Crippen molar-refractivity contribution < 1.29 is 24.0 Å². The lowest BCUT2D eigenvalue weighted by molar-refractivity contribution is -0.495. The van der Waals surface area contributed by atoms with Gasteiger partial charge < -0.3 is 14.2 Å². The summed E-state index contributed by atoms with van der Waals surface area (Å²) < 4.78 is 19.3. The molecular formula is C30H38O5. The van der Waals surface area contributed by atoms with Crippen molar-refractivity contribution in [3.63, 3.8) is 0 Å². The van der Waals surface area contributed by atoms with Gasteiger partial charge in [-0.05, 0) is 56.1 Å². The molecule has 8 atom stereocenters. The van der Waals surface area contributed by atoms with Gasteiger partial charge in [-0.25, -0.2) is 9.78 Å². The summed E-state index contributed by atoms with van der Waals surface area (Å²) >= 11 is 0. The van der Waals surface area contributed by atoms with Gasteiger partial charge in [-0.3, -0.25) is 0 Å². The Kier molecular flexibility index (Phi) is 6.16. The number of rotatable bonds is 6. The zero-order valence-corrected chi connectivity index (χ0v) is 21.2. The van der Waals surface area contributed by atoms with Gasteiger partial charge in [0.25, 0.3) is 0 Å². The molecule has 2 aromatic rings. The van der Waals surface area contributed by atoms with Gasteiger partial charge in [0.05, 0.1) is 12.7 Å². The third kappa shape index (κ3) is 4.01. The molecule has 2 aromatic carbocycles. The van der Waals surface area contributed by atoms with Crippen LogP contribution in [0.15, 0.2) is 54.6 Å². The fourth-order valence-corrected chi connectivity index (χ4v) is 7.38. The molecule has 35 heavy (non-hydrogen) atoms. The average Bonchev–Trinajstić information content (AvgIpc) is 3.11. The molecule has 3 aliphatic heterocycles. The van der Waals surface area contributed by atoms with Crippen LogP contribution in [0.3, 0.4) is 0 Å². The largest absolute Gasteiger partial charge is 0.491 e. The minimum absolute atomic E-state index is 0.0161. The summed E-state index contributed by atoms with van der Waals surface area (Å²) in [5, 5.41) is 0. The van der Waals surface area contributed by atoms with Crippen molar-refractivity contribution >= 4 is 0 Å². The van der Waals surface area contributed by atoms with E-state index in [-0.39, 0.29) is 29.5 Å². The lowest BCUT2D eigenvalue weighted by Gasteiger charge is -2.61. The van der Waals surface area contributed by atoms with Gasteiger partial charge in [-0.15, -0.1) is 0 Å². The second-order valence-corrected chi connectivity index (χ2v) is 11.4. The Labute approximate surface area is 209 Å². The Hall–Kier alpha value is -1.92. The van der Waals surface area contributed by atoms with Gasteiger partial charge in [-0.2, -0.15) is 0 Å². The molecule has 2 bridgehead atoms. The Morgan fingerprint density at radius 1 is 0.886 bits per heavy atom. The number of hydrogen-bond donors (Lipinski definition) is 0. The summed E-state index contributed by atoms with van der Waals surface area (Å²) in [7, 11) is 0. The summed E-state index contributed by atoms with van der Waals surface area (Å²) in [6.45, 7) is 7.79. The van der Waals surface area contributed by atoms with E-state index >= 15 is 0 Å². The summed E-state index contributed by atoms with van der Waals surface area (Å²) in [6, 6.07) is 18.5. The first-order valence-corrected chi connectivity index (χ1v) is 13.4. The molecule has 0 radical (unpaired) electrons. The molecule has 188 valence electrons. The number of ether oxygens (including phenoxy) is 3. The van der Waals surface area contributed by atoms with Crippen LogP contribution >= 0.6 is 0 Å². The maximum atomic E-state index is 6.72. The van der Waals surface area contributed by atoms with Crippen LogP contribution in [0.4, 0.5) is 0 Å². The molecule has 0 amide bonds. The minimum atomic E-state index is -0.335. The minimum Gasteiger partial charge on any atom is -0.491 e. The first-order chi connectivity index (χ1) is 17.0. The molecule has 5 nitrogen and oxygen atoms in total. The highest BCUT2D eigenvalue weighted by molar-refractivity contribution is 5.70. The highest BCUT2D eigenvalue weighted by Crippen LogP contribution is 2.61. The summed E-state index contributed by atoms with van der Waals surface area (Å²) in [6.07, 6.45) is 5.21. The van der Waals surface area contributed by atoms with Gasteiger partial charge in [0.15, 0.2) is 6.29 Å². The number of benzene rings is 2. The van der Waals surface area contributed by atoms with E-state index in [0.29, 0.717) is 31.0 Å². The summed E-state index contributed by atoms with van der Waals surface area (Å²) in [4.78, 5) is 12.5. The number of para-hydroxylation sites is 1. The molecule has 0 aromatic heterocycles. The zero-order valence-electron chi connectivity index (χ0n) is 21.2. The highest BCUT2D eigenvalue weighted by atomic mass is 17.2. The van der Waals surface area contributed by atoms with Crippen LogP contribution in [0.25, 0.3) is 11.1 Å². The van der Waals surface area contributed by atoms with Gasteiger partial charge in [0.2, 0.25) is 0 Å². The zero-order chi connectivity index (χ0) is 24.0. The molecule has 0 N–H and O–H groups in total. The molecular weight excluding hydrogens is 440 g/mol. The topological polar surface area (TPSA) is 46.2 Å². The smallest absolute Gasteiger partial charge is 0.161 e. The van der Waals surface area contributed by atoms with Crippen molar-refractivity contribution in [2.45, 2.75) is 76.5 Å². The Morgan fingerprint density at radius 3 is 2.54 bits per heavy atom. The van der Waals surface area contributed by atoms with Crippen LogP contribution in [0.2, 0.25) is 0 Å². The molecule has 3 heterocycles. The Bertz CT molecular complexity index is 1030. The van der Waals surface area contributed by atoms with Crippen LogP contribution in [0.1, 0.15) is 52.9 Å². The predicted octanol–water partition coefficient (Wildman–Crippen LogP) is 6.42. The fourth-order valence-electron chi connectivity index (χ4n) is 7.38. The molecule has 7 rings (SSSR count). The first-order valence-electron chi connectivity index (χ1n) is 13.4. The van der Waals surface area contributed by atoms with Gasteiger partial charge in [-0.1, -0.05) is 62.4 Å². The van der Waals surface area contributed by atoms with Crippen molar-refractivity contribution in [1.82, 2.24) is 0 Å². The molecule has 5 heteroatoms. The van der Waals surface area contributed by atoms with Gasteiger partial charge in [0.1, 0.15) is 23.6 Å². The molecule has 2 saturated carbocycles. The second kappa shape index (κ2) is 9.19. The molecule has 3 saturated heterocycles. The van der Waals surface area contributed by atoms with Crippen molar-refractivity contribution in [2.75, 3.05) is 13.2 Å². The normalized spacial score (nSPS) is 40.1. The van der Waals surface area contributed by atoms with E-state index in [9.17, 15) is 0 Å². The lowest BCUT2D eigenvalue weighted by atomic mass is 9.56. The van der Waals surface area contributed by atoms with Gasteiger partial charge >= 0.3 is 0 Å². The summed E-state index contributed by atoms with van der Waals surface area (Å²) in [5.74, 6) is 2.61. The first kappa shape index (κ1) is 23.5. The van der Waals surface area contributed by atoms with Crippen molar-refractivity contribution in [3.05, 3.63) is 54.6 Å². The van der Waals surface area contributed by atoms with E-state index in [4.69, 9.17) is 24.0 Å². The van der Waals surface area contributed by atoms with E-state index in [1.54, 1.807) is 0 Å². The van der Waals surface area contributed by atoms with Gasteiger partial charge in [0, 0.05) is 23.8 Å². The second-order valence-electron chi connectivity index (χ2n) is 11.4. The standard InChI is InChI=1S/C30H38O5/c1-20-13-14-25-21(2)28(33-27-19-29(3)16-15-24(20)30(25,27)35-34-29)32-18-17-31-26-12-8-7-11-23(26)22-9-5-4-6-10-22/h4-12,20-21,24-25,27-28H,13-19H2,1-3H3/t20-,21-,24+,25+,27-,28-,29+,30-/m1/s1. The number of fused-ring (bicyclic) bond motifs is 2. The quantitative estimate of drug-likeness (QED) is 0.354. The highest BCUT2D eigenvalue weighted by Gasteiger charge is 2.68. The molecule has 1 spiro atoms. The van der Waals surface area contributed by atoms with E-state index in [1.807, 2.05) is 24.3 Å². The lowest BCUT2D eigenvalue weighted by Crippen LogP contribution is -2.69. The Morgan fingerprint density at radius 2 is 1.69 bits per heavy atom.